The Labute approximate surface area is 126 Å². The van der Waals surface area contributed by atoms with Gasteiger partial charge < -0.3 is 15.5 Å². The van der Waals surface area contributed by atoms with E-state index in [0.717, 1.165) is 25.2 Å². The largest absolute Gasteiger partial charge is 0.508 e. The number of nitrogens with one attached hydrogen (secondary N) is 1. The molecule has 3 rings (SSSR count). The molecular formula is C17H26N2O2. The molecule has 4 nitrogen and oxygen atoms in total. The SMILES string of the molecule is CC(c1cc(O)ccc1O)N1CCCC(C2CCCN2)C1. The first-order valence-electron chi connectivity index (χ1n) is 8.14. The van der Waals surface area contributed by atoms with Crippen molar-refractivity contribution in [1.29, 1.82) is 0 Å². The topological polar surface area (TPSA) is 55.7 Å². The summed E-state index contributed by atoms with van der Waals surface area (Å²) in [5, 5.41) is 23.4. The molecule has 0 bridgehead atoms. The number of benzene rings is 1. The van der Waals surface area contributed by atoms with Crippen LogP contribution >= 0.6 is 0 Å². The van der Waals surface area contributed by atoms with Crippen molar-refractivity contribution in [3.8, 4) is 11.5 Å². The summed E-state index contributed by atoms with van der Waals surface area (Å²) in [4.78, 5) is 2.45. The zero-order valence-corrected chi connectivity index (χ0v) is 12.8. The number of phenolic OH excluding ortho intramolecular Hbond substituents is 2. The van der Waals surface area contributed by atoms with Crippen molar-refractivity contribution < 1.29 is 10.2 Å². The summed E-state index contributed by atoms with van der Waals surface area (Å²) >= 11 is 0. The number of hydrogen-bond acceptors (Lipinski definition) is 4. The standard InChI is InChI=1S/C17H26N2O2/c1-12(15-10-14(20)6-7-17(15)21)19-9-3-4-13(11-19)16-5-2-8-18-16/h6-7,10,12-13,16,18,20-21H,2-5,8-9,11H2,1H3. The Morgan fingerprint density at radius 1 is 1.24 bits per heavy atom. The minimum absolute atomic E-state index is 0.140. The highest BCUT2D eigenvalue weighted by atomic mass is 16.3. The molecule has 0 amide bonds. The van der Waals surface area contributed by atoms with Crippen LogP contribution in [0.25, 0.3) is 0 Å². The fraction of sp³-hybridized carbons (Fsp3) is 0.647. The fourth-order valence-electron chi connectivity index (χ4n) is 3.91. The van der Waals surface area contributed by atoms with Crippen LogP contribution in [0.3, 0.4) is 0 Å². The Morgan fingerprint density at radius 3 is 2.86 bits per heavy atom. The minimum Gasteiger partial charge on any atom is -0.508 e. The van der Waals surface area contributed by atoms with E-state index in [1.807, 2.05) is 0 Å². The van der Waals surface area contributed by atoms with Crippen molar-refractivity contribution in [1.82, 2.24) is 10.2 Å². The van der Waals surface area contributed by atoms with Crippen molar-refractivity contribution in [2.75, 3.05) is 19.6 Å². The lowest BCUT2D eigenvalue weighted by Crippen LogP contribution is -2.44. The number of rotatable bonds is 3. The lowest BCUT2D eigenvalue weighted by Gasteiger charge is -2.39. The average molecular weight is 290 g/mol. The third-order valence-electron chi connectivity index (χ3n) is 5.17. The molecule has 3 N–H and O–H groups in total. The first kappa shape index (κ1) is 14.7. The molecule has 0 spiro atoms. The van der Waals surface area contributed by atoms with Crippen LogP contribution in [0.5, 0.6) is 11.5 Å². The van der Waals surface area contributed by atoms with Crippen molar-refractivity contribution in [3.63, 3.8) is 0 Å². The van der Waals surface area contributed by atoms with E-state index in [-0.39, 0.29) is 17.5 Å². The zero-order chi connectivity index (χ0) is 14.8. The number of likely N-dealkylation sites (tertiary alicyclic amines) is 1. The van der Waals surface area contributed by atoms with Gasteiger partial charge in [0.05, 0.1) is 0 Å². The van der Waals surface area contributed by atoms with Gasteiger partial charge in [-0.2, -0.15) is 0 Å². The van der Waals surface area contributed by atoms with Crippen LogP contribution in [0, 0.1) is 5.92 Å². The molecule has 0 radical (unpaired) electrons. The minimum atomic E-state index is 0.140. The lowest BCUT2D eigenvalue weighted by atomic mass is 9.88. The average Bonchev–Trinajstić information content (AvgIpc) is 3.03. The Bertz CT molecular complexity index is 486. The first-order valence-corrected chi connectivity index (χ1v) is 8.14. The molecule has 2 aliphatic heterocycles. The van der Waals surface area contributed by atoms with E-state index in [2.05, 4.69) is 17.1 Å². The van der Waals surface area contributed by atoms with E-state index in [4.69, 9.17) is 0 Å². The third kappa shape index (κ3) is 3.16. The summed E-state index contributed by atoms with van der Waals surface area (Å²) in [7, 11) is 0. The molecule has 1 aromatic carbocycles. The molecule has 0 aromatic heterocycles. The molecule has 0 aliphatic carbocycles. The summed E-state index contributed by atoms with van der Waals surface area (Å²) < 4.78 is 0. The van der Waals surface area contributed by atoms with Crippen LogP contribution in [-0.2, 0) is 0 Å². The second kappa shape index (κ2) is 6.24. The number of piperidine rings is 1. The molecule has 2 heterocycles. The van der Waals surface area contributed by atoms with Crippen molar-refractivity contribution in [2.24, 2.45) is 5.92 Å². The Kier molecular flexibility index (Phi) is 4.36. The second-order valence-electron chi connectivity index (χ2n) is 6.52. The number of phenols is 2. The van der Waals surface area contributed by atoms with Crippen LogP contribution in [0.4, 0.5) is 0 Å². The van der Waals surface area contributed by atoms with Gasteiger partial charge in [-0.25, -0.2) is 0 Å². The maximum atomic E-state index is 10.1. The van der Waals surface area contributed by atoms with Crippen LogP contribution in [0.15, 0.2) is 18.2 Å². The fourth-order valence-corrected chi connectivity index (χ4v) is 3.91. The highest BCUT2D eigenvalue weighted by Crippen LogP contribution is 2.35. The van der Waals surface area contributed by atoms with Crippen LogP contribution < -0.4 is 5.32 Å². The molecule has 2 aliphatic rings. The lowest BCUT2D eigenvalue weighted by molar-refractivity contribution is 0.113. The van der Waals surface area contributed by atoms with E-state index < -0.39 is 0 Å². The van der Waals surface area contributed by atoms with Gasteiger partial charge in [-0.1, -0.05) is 0 Å². The van der Waals surface area contributed by atoms with Gasteiger partial charge in [0.25, 0.3) is 0 Å². The Morgan fingerprint density at radius 2 is 2.10 bits per heavy atom. The molecule has 4 heteroatoms. The maximum Gasteiger partial charge on any atom is 0.120 e. The first-order chi connectivity index (χ1) is 10.1. The van der Waals surface area contributed by atoms with E-state index in [9.17, 15) is 10.2 Å². The van der Waals surface area contributed by atoms with Gasteiger partial charge in [-0.05, 0) is 69.8 Å². The van der Waals surface area contributed by atoms with Gasteiger partial charge in [-0.3, -0.25) is 4.90 Å². The second-order valence-corrected chi connectivity index (χ2v) is 6.52. The summed E-state index contributed by atoms with van der Waals surface area (Å²) in [6.45, 7) is 5.43. The smallest absolute Gasteiger partial charge is 0.120 e. The van der Waals surface area contributed by atoms with Gasteiger partial charge in [0.15, 0.2) is 0 Å². The van der Waals surface area contributed by atoms with Crippen LogP contribution in [0.2, 0.25) is 0 Å². The van der Waals surface area contributed by atoms with E-state index in [1.165, 1.54) is 31.7 Å². The normalized spacial score (nSPS) is 28.6. The quantitative estimate of drug-likeness (QED) is 0.749. The molecule has 116 valence electrons. The summed E-state index contributed by atoms with van der Waals surface area (Å²) in [6, 6.07) is 5.62. The molecule has 21 heavy (non-hydrogen) atoms. The highest BCUT2D eigenvalue weighted by Gasteiger charge is 2.31. The van der Waals surface area contributed by atoms with Gasteiger partial charge in [-0.15, -0.1) is 0 Å². The Hall–Kier alpha value is -1.26. The van der Waals surface area contributed by atoms with E-state index in [0.29, 0.717) is 12.0 Å². The van der Waals surface area contributed by atoms with Gasteiger partial charge in [0.1, 0.15) is 11.5 Å². The van der Waals surface area contributed by atoms with Gasteiger partial charge >= 0.3 is 0 Å². The Balaban J connectivity index is 1.71. The van der Waals surface area contributed by atoms with E-state index in [1.54, 1.807) is 12.1 Å². The van der Waals surface area contributed by atoms with Crippen molar-refractivity contribution in [2.45, 2.75) is 44.7 Å². The molecule has 2 saturated heterocycles. The zero-order valence-electron chi connectivity index (χ0n) is 12.8. The number of nitrogens with zero attached hydrogens (tertiary/aromatic N) is 1. The predicted molar refractivity (Wildman–Crippen MR) is 83.5 cm³/mol. The highest BCUT2D eigenvalue weighted by molar-refractivity contribution is 5.40. The molecule has 3 atom stereocenters. The van der Waals surface area contributed by atoms with Crippen molar-refractivity contribution in [3.05, 3.63) is 23.8 Å². The molecule has 0 saturated carbocycles. The maximum absolute atomic E-state index is 10.1. The molecule has 1 aromatic rings. The number of hydrogen-bond donors (Lipinski definition) is 3. The van der Waals surface area contributed by atoms with E-state index >= 15 is 0 Å². The van der Waals surface area contributed by atoms with Gasteiger partial charge in [0, 0.05) is 24.2 Å². The van der Waals surface area contributed by atoms with Crippen LogP contribution in [-0.4, -0.2) is 40.8 Å². The molecular weight excluding hydrogens is 264 g/mol. The van der Waals surface area contributed by atoms with Gasteiger partial charge in [0.2, 0.25) is 0 Å². The summed E-state index contributed by atoms with van der Waals surface area (Å²) in [5.41, 5.74) is 0.829. The monoisotopic (exact) mass is 290 g/mol. The van der Waals surface area contributed by atoms with Crippen molar-refractivity contribution >= 4 is 0 Å². The summed E-state index contributed by atoms with van der Waals surface area (Å²) in [6.07, 6.45) is 5.11. The molecule has 3 unspecified atom stereocenters. The number of aromatic hydroxyl groups is 2. The predicted octanol–water partition coefficient (Wildman–Crippen LogP) is 2.62. The summed E-state index contributed by atoms with van der Waals surface area (Å²) in [5.74, 6) is 1.21. The third-order valence-corrected chi connectivity index (χ3v) is 5.17. The van der Waals surface area contributed by atoms with Crippen LogP contribution in [0.1, 0.15) is 44.2 Å². The molecule has 2 fully saturated rings.